The van der Waals surface area contributed by atoms with E-state index in [0.717, 1.165) is 0 Å². The van der Waals surface area contributed by atoms with Crippen molar-refractivity contribution in [2.75, 3.05) is 0 Å². The summed E-state index contributed by atoms with van der Waals surface area (Å²) in [5.41, 5.74) is 0. The molecule has 96 valence electrons. The van der Waals surface area contributed by atoms with E-state index in [0.29, 0.717) is 0 Å². The fourth-order valence-corrected chi connectivity index (χ4v) is 0. The third kappa shape index (κ3) is 623. The number of hydrogen-bond acceptors (Lipinski definition) is 12. The molecule has 0 aromatic heterocycles. The maximum absolute atomic E-state index is 8.42. The van der Waals surface area contributed by atoms with E-state index in [4.69, 9.17) is 60.3 Å². The molecule has 0 spiro atoms. The van der Waals surface area contributed by atoms with Crippen molar-refractivity contribution in [3.8, 4) is 0 Å². The molecule has 0 rings (SSSR count). The van der Waals surface area contributed by atoms with E-state index in [9.17, 15) is 0 Å². The molecule has 0 bridgehead atoms. The molecule has 0 atom stereocenters. The summed E-state index contributed by atoms with van der Waals surface area (Å²) < 4.78 is 0. The normalized spacial score (nSPS) is 4.91. The summed E-state index contributed by atoms with van der Waals surface area (Å²) in [6.07, 6.45) is 0. The molecule has 0 amide bonds. The van der Waals surface area contributed by atoms with Crippen LogP contribution in [0.25, 0.3) is 0 Å². The van der Waals surface area contributed by atoms with Crippen molar-refractivity contribution in [1.29, 1.82) is 0 Å². The SMILES string of the molecule is [Be+2].[Be+2].[Be+2].[O-]B([O-])[O-].[O-]B([O-])[O-].[O-]B([O-])[O-].[O-]B([O-])[O-].[Sr+2].[Sr+2].[Sr+2]. The molecule has 0 N–H and O–H groups in total. The standard InChI is InChI=1S/4BO3.3Be.3Sr/c4*2-1(3)4;;;;;;/q4*-3;6*+2. The quantitative estimate of drug-likeness (QED) is 0.267. The summed E-state index contributed by atoms with van der Waals surface area (Å²) in [7, 11) is -11.7. The van der Waals surface area contributed by atoms with Gasteiger partial charge in [-0.05, 0) is 0 Å². The maximum Gasteiger partial charge on any atom is 2.00 e. The molecule has 0 saturated carbocycles. The number of hydrogen-bond donors (Lipinski definition) is 0. The third-order valence-corrected chi connectivity index (χ3v) is 0. The van der Waals surface area contributed by atoms with Gasteiger partial charge in [0.05, 0.1) is 0 Å². The summed E-state index contributed by atoms with van der Waals surface area (Å²) in [5, 5.41) is 101. The Morgan fingerprint density at radius 2 is 0.273 bits per heavy atom. The van der Waals surface area contributed by atoms with Crippen LogP contribution in [0.2, 0.25) is 0 Å². The molecule has 0 aliphatic carbocycles. The first-order chi connectivity index (χ1) is 6.93. The zero-order chi connectivity index (χ0) is 14.3. The van der Waals surface area contributed by atoms with Crippen LogP contribution in [0, 0.1) is 0 Å². The zero-order valence-electron chi connectivity index (χ0n) is 11.5. The van der Waals surface area contributed by atoms with Crippen LogP contribution in [0.5, 0.6) is 0 Å². The van der Waals surface area contributed by atoms with Crippen molar-refractivity contribution in [2.45, 2.75) is 0 Å². The fourth-order valence-electron chi connectivity index (χ4n) is 0. The monoisotopic (exact) mass is 527 g/mol. The molecule has 0 radical (unpaired) electrons. The van der Waals surface area contributed by atoms with Gasteiger partial charge in [-0.3, -0.25) is 29.3 Å². The van der Waals surface area contributed by atoms with Crippen LogP contribution in [0.15, 0.2) is 0 Å². The first kappa shape index (κ1) is 63.2. The molecular weight excluding hydrogens is 525 g/mol. The van der Waals surface area contributed by atoms with Crippen molar-refractivity contribution in [3.63, 3.8) is 0 Å². The molecule has 0 aromatic carbocycles. The van der Waals surface area contributed by atoms with Crippen LogP contribution >= 0.6 is 0 Å². The molecule has 12 nitrogen and oxygen atoms in total. The Labute approximate surface area is 251 Å². The second-order valence-corrected chi connectivity index (χ2v) is 1.15. The van der Waals surface area contributed by atoms with Gasteiger partial charge in [-0.1, -0.05) is 0 Å². The van der Waals surface area contributed by atoms with E-state index >= 15 is 0 Å². The largest absolute Gasteiger partial charge is 2.00 e. The van der Waals surface area contributed by atoms with Gasteiger partial charge in [0.1, 0.15) is 0 Å². The van der Waals surface area contributed by atoms with Crippen LogP contribution in [-0.2, 0) is 0 Å². The Morgan fingerprint density at radius 1 is 0.273 bits per heavy atom. The van der Waals surface area contributed by atoms with Gasteiger partial charge in [-0.25, -0.2) is 0 Å². The zero-order valence-corrected chi connectivity index (χ0v) is 21.9. The van der Waals surface area contributed by atoms with Crippen LogP contribution < -0.4 is 60.3 Å². The second kappa shape index (κ2) is 56.2. The molecular formula is B4Be3O12Sr3. The predicted octanol–water partition coefficient (Wildman–Crippen LogP) is -18.1. The second-order valence-electron chi connectivity index (χ2n) is 1.15. The van der Waals surface area contributed by atoms with Gasteiger partial charge in [-0.15, -0.1) is 0 Å². The average Bonchev–Trinajstić information content (AvgIpc) is 1.76. The molecule has 0 unspecified atom stereocenters. The van der Waals surface area contributed by atoms with Crippen LogP contribution in [0.1, 0.15) is 0 Å². The molecule has 0 saturated heterocycles. The summed E-state index contributed by atoms with van der Waals surface area (Å²) in [6, 6.07) is 0. The molecule has 0 heterocycles. The third-order valence-electron chi connectivity index (χ3n) is 0. The van der Waals surface area contributed by atoms with E-state index in [1.165, 1.54) is 0 Å². The fraction of sp³-hybridized carbons (Fsp3) is 0. The van der Waals surface area contributed by atoms with Crippen molar-refractivity contribution in [3.05, 3.63) is 0 Å². The molecule has 0 aromatic rings. The molecule has 22 heavy (non-hydrogen) atoms. The first-order valence-corrected chi connectivity index (χ1v) is 2.83. The van der Waals surface area contributed by atoms with Crippen LogP contribution in [0.4, 0.5) is 0 Å². The van der Waals surface area contributed by atoms with E-state index in [-0.39, 0.29) is 167 Å². The molecule has 0 aliphatic rings. The Hall–Kier alpha value is 4.73. The minimum absolute atomic E-state index is 0. The van der Waals surface area contributed by atoms with E-state index in [1.54, 1.807) is 0 Å². The Kier molecular flexibility index (Phi) is 162. The van der Waals surface area contributed by atoms with Crippen molar-refractivity contribution < 1.29 is 60.3 Å². The Morgan fingerprint density at radius 3 is 0.273 bits per heavy atom. The summed E-state index contributed by atoms with van der Waals surface area (Å²) in [5.74, 6) is 0. The van der Waals surface area contributed by atoms with Crippen molar-refractivity contribution in [2.24, 2.45) is 0 Å². The summed E-state index contributed by atoms with van der Waals surface area (Å²) in [4.78, 5) is 0. The van der Waals surface area contributed by atoms with Gasteiger partial charge in [-0.2, -0.15) is 0 Å². The van der Waals surface area contributed by atoms with Gasteiger partial charge in [0, 0.05) is 0 Å². The van der Waals surface area contributed by atoms with Gasteiger partial charge in [0.2, 0.25) is 0 Å². The molecule has 22 heteroatoms. The maximum atomic E-state index is 8.42. The van der Waals surface area contributed by atoms with Gasteiger partial charge in [0.25, 0.3) is 0 Å². The van der Waals surface area contributed by atoms with E-state index in [2.05, 4.69) is 0 Å². The van der Waals surface area contributed by atoms with Crippen molar-refractivity contribution >= 4 is 196 Å². The van der Waals surface area contributed by atoms with E-state index in [1.807, 2.05) is 0 Å². The van der Waals surface area contributed by atoms with Gasteiger partial charge < -0.3 is 60.3 Å². The number of rotatable bonds is 0. The van der Waals surface area contributed by atoms with Crippen LogP contribution in [-0.4, -0.2) is 196 Å². The average molecular weight is 525 g/mol. The molecule has 0 aliphatic heterocycles. The summed E-state index contributed by atoms with van der Waals surface area (Å²) in [6.45, 7) is 0. The smallest absolute Gasteiger partial charge is 0.907 e. The predicted molar refractivity (Wildman–Crippen MR) is 57.5 cm³/mol. The topological polar surface area (TPSA) is 277 Å². The van der Waals surface area contributed by atoms with E-state index < -0.39 is 29.3 Å². The molecule has 0 fully saturated rings. The van der Waals surface area contributed by atoms with Crippen molar-refractivity contribution in [1.82, 2.24) is 0 Å². The Balaban J connectivity index is -0.00000001000. The minimum atomic E-state index is -2.92. The van der Waals surface area contributed by atoms with Crippen LogP contribution in [0.3, 0.4) is 0 Å². The minimum Gasteiger partial charge on any atom is -0.907 e. The summed E-state index contributed by atoms with van der Waals surface area (Å²) >= 11 is 0. The Bertz CT molecular complexity index is 80.6. The van der Waals surface area contributed by atoms with Gasteiger partial charge in [0.15, 0.2) is 0 Å². The first-order valence-electron chi connectivity index (χ1n) is 2.83. The van der Waals surface area contributed by atoms with Gasteiger partial charge >= 0.3 is 167 Å².